The zero-order chi connectivity index (χ0) is 24.4. The van der Waals surface area contributed by atoms with E-state index in [1.807, 2.05) is 41.8 Å². The number of hydrogen-bond donors (Lipinski definition) is 2. The van der Waals surface area contributed by atoms with Gasteiger partial charge in [-0.3, -0.25) is 9.69 Å². The SMILES string of the molecule is CC(C)c1cc2cc(-c3csc(NC(=O)[C@H]4CCCN4C(=O)OCc4ccccc4)n3)ccc2[nH]1. The summed E-state index contributed by atoms with van der Waals surface area (Å²) in [6, 6.07) is 17.3. The average molecular weight is 489 g/mol. The predicted octanol–water partition coefficient (Wildman–Crippen LogP) is 6.15. The monoisotopic (exact) mass is 488 g/mol. The number of amides is 2. The number of carbonyl (C=O) groups excluding carboxylic acids is 2. The molecule has 4 aromatic rings. The molecule has 3 heterocycles. The maximum atomic E-state index is 13.0. The molecule has 35 heavy (non-hydrogen) atoms. The maximum absolute atomic E-state index is 13.0. The number of aromatic nitrogens is 2. The van der Waals surface area contributed by atoms with E-state index < -0.39 is 12.1 Å². The van der Waals surface area contributed by atoms with Crippen LogP contribution in [0, 0.1) is 0 Å². The summed E-state index contributed by atoms with van der Waals surface area (Å²) in [4.78, 5) is 35.2. The molecule has 1 aliphatic heterocycles. The van der Waals surface area contributed by atoms with E-state index >= 15 is 0 Å². The first-order chi connectivity index (χ1) is 17.0. The van der Waals surface area contributed by atoms with E-state index in [2.05, 4.69) is 47.3 Å². The van der Waals surface area contributed by atoms with E-state index in [1.165, 1.54) is 21.9 Å². The molecule has 0 radical (unpaired) electrons. The van der Waals surface area contributed by atoms with Crippen LogP contribution in [0.15, 0.2) is 60.0 Å². The lowest BCUT2D eigenvalue weighted by atomic mass is 10.1. The van der Waals surface area contributed by atoms with Gasteiger partial charge in [-0.1, -0.05) is 50.2 Å². The highest BCUT2D eigenvalue weighted by atomic mass is 32.1. The molecule has 180 valence electrons. The number of thiazole rings is 1. The van der Waals surface area contributed by atoms with Crippen molar-refractivity contribution in [3.63, 3.8) is 0 Å². The summed E-state index contributed by atoms with van der Waals surface area (Å²) in [6.07, 6.45) is 0.899. The van der Waals surface area contributed by atoms with Gasteiger partial charge in [-0.15, -0.1) is 11.3 Å². The molecule has 0 saturated carbocycles. The second-order valence-corrected chi connectivity index (χ2v) is 9.96. The molecule has 1 atom stereocenters. The third kappa shape index (κ3) is 5.07. The van der Waals surface area contributed by atoms with Crippen molar-refractivity contribution < 1.29 is 14.3 Å². The number of ether oxygens (including phenoxy) is 1. The first-order valence-electron chi connectivity index (χ1n) is 11.8. The van der Waals surface area contributed by atoms with Gasteiger partial charge in [0.15, 0.2) is 5.13 Å². The van der Waals surface area contributed by atoms with E-state index in [1.54, 1.807) is 0 Å². The summed E-state index contributed by atoms with van der Waals surface area (Å²) in [6.45, 7) is 5.01. The van der Waals surface area contributed by atoms with Crippen LogP contribution in [-0.4, -0.2) is 39.5 Å². The summed E-state index contributed by atoms with van der Waals surface area (Å²) in [5, 5.41) is 6.50. The van der Waals surface area contributed by atoms with Crippen LogP contribution >= 0.6 is 11.3 Å². The zero-order valence-electron chi connectivity index (χ0n) is 19.8. The molecule has 0 aliphatic carbocycles. The van der Waals surface area contributed by atoms with Gasteiger partial charge in [-0.05, 0) is 42.5 Å². The molecule has 1 fully saturated rings. The first-order valence-corrected chi connectivity index (χ1v) is 12.7. The minimum atomic E-state index is -0.559. The highest BCUT2D eigenvalue weighted by Gasteiger charge is 2.35. The molecular weight excluding hydrogens is 460 g/mol. The van der Waals surface area contributed by atoms with Crippen LogP contribution in [0.1, 0.15) is 43.9 Å². The van der Waals surface area contributed by atoms with Gasteiger partial charge in [0.25, 0.3) is 0 Å². The number of likely N-dealkylation sites (tertiary alicyclic amines) is 1. The quantitative estimate of drug-likeness (QED) is 0.341. The van der Waals surface area contributed by atoms with E-state index in [0.717, 1.165) is 34.1 Å². The van der Waals surface area contributed by atoms with Gasteiger partial charge in [-0.2, -0.15) is 0 Å². The third-order valence-corrected chi connectivity index (χ3v) is 7.05. The Bertz CT molecular complexity index is 1340. The molecular formula is C27H28N4O3S. The fourth-order valence-corrected chi connectivity index (χ4v) is 5.06. The summed E-state index contributed by atoms with van der Waals surface area (Å²) in [5.74, 6) is 0.195. The van der Waals surface area contributed by atoms with E-state index in [4.69, 9.17) is 4.74 Å². The molecule has 2 N–H and O–H groups in total. The topological polar surface area (TPSA) is 87.3 Å². The number of anilines is 1. The molecule has 5 rings (SSSR count). The fourth-order valence-electron chi connectivity index (χ4n) is 4.34. The van der Waals surface area contributed by atoms with Crippen molar-refractivity contribution in [3.8, 4) is 11.3 Å². The van der Waals surface area contributed by atoms with Gasteiger partial charge >= 0.3 is 6.09 Å². The molecule has 1 aliphatic rings. The van der Waals surface area contributed by atoms with Crippen LogP contribution in [0.5, 0.6) is 0 Å². The zero-order valence-corrected chi connectivity index (χ0v) is 20.6. The summed E-state index contributed by atoms with van der Waals surface area (Å²) >= 11 is 1.38. The second-order valence-electron chi connectivity index (χ2n) is 9.10. The number of nitrogens with zero attached hydrogens (tertiary/aromatic N) is 2. The Labute approximate surface area is 208 Å². The van der Waals surface area contributed by atoms with Crippen LogP contribution < -0.4 is 5.32 Å². The lowest BCUT2D eigenvalue weighted by Crippen LogP contribution is -2.43. The van der Waals surface area contributed by atoms with E-state index in [9.17, 15) is 9.59 Å². The number of carbonyl (C=O) groups is 2. The Hall–Kier alpha value is -3.65. The Morgan fingerprint density at radius 2 is 2.03 bits per heavy atom. The summed E-state index contributed by atoms with van der Waals surface area (Å²) in [5.41, 5.74) is 5.02. The molecule has 2 aromatic carbocycles. The summed E-state index contributed by atoms with van der Waals surface area (Å²) in [7, 11) is 0. The van der Waals surface area contributed by atoms with Crippen LogP contribution in [0.25, 0.3) is 22.2 Å². The highest BCUT2D eigenvalue weighted by molar-refractivity contribution is 7.14. The molecule has 0 unspecified atom stereocenters. The van der Waals surface area contributed by atoms with Crippen LogP contribution in [-0.2, 0) is 16.1 Å². The number of benzene rings is 2. The molecule has 8 heteroatoms. The van der Waals surface area contributed by atoms with Gasteiger partial charge < -0.3 is 15.0 Å². The molecule has 1 saturated heterocycles. The lowest BCUT2D eigenvalue weighted by Gasteiger charge is -2.22. The van der Waals surface area contributed by atoms with Crippen molar-refractivity contribution in [2.75, 3.05) is 11.9 Å². The molecule has 2 amide bonds. The molecule has 0 bridgehead atoms. The number of fused-ring (bicyclic) bond motifs is 1. The normalized spacial score (nSPS) is 15.6. The van der Waals surface area contributed by atoms with Gasteiger partial charge in [0.05, 0.1) is 5.69 Å². The molecule has 0 spiro atoms. The van der Waals surface area contributed by atoms with Gasteiger partial charge in [0.1, 0.15) is 12.6 Å². The maximum Gasteiger partial charge on any atom is 0.410 e. The highest BCUT2D eigenvalue weighted by Crippen LogP contribution is 2.30. The van der Waals surface area contributed by atoms with E-state index in [0.29, 0.717) is 24.0 Å². The van der Waals surface area contributed by atoms with Crippen molar-refractivity contribution in [2.45, 2.75) is 45.3 Å². The van der Waals surface area contributed by atoms with Crippen LogP contribution in [0.2, 0.25) is 0 Å². The molecule has 7 nitrogen and oxygen atoms in total. The van der Waals surface area contributed by atoms with Crippen molar-refractivity contribution in [3.05, 3.63) is 71.2 Å². The largest absolute Gasteiger partial charge is 0.445 e. The standard InChI is InChI=1S/C27H28N4O3S/c1-17(2)22-14-20-13-19(10-11-21(20)28-22)23-16-35-26(29-23)30-25(32)24-9-6-12-31(24)27(33)34-15-18-7-4-3-5-8-18/h3-5,7-8,10-11,13-14,16-17,24,28H,6,9,12,15H2,1-2H3,(H,29,30,32)/t24-/m1/s1. The van der Waals surface area contributed by atoms with Crippen molar-refractivity contribution >= 4 is 39.4 Å². The second kappa shape index (κ2) is 9.92. The number of rotatable bonds is 6. The Morgan fingerprint density at radius 1 is 1.20 bits per heavy atom. The average Bonchev–Trinajstić information content (AvgIpc) is 3.62. The van der Waals surface area contributed by atoms with Crippen molar-refractivity contribution in [2.24, 2.45) is 0 Å². The van der Waals surface area contributed by atoms with Gasteiger partial charge in [-0.25, -0.2) is 9.78 Å². The Morgan fingerprint density at radius 3 is 2.83 bits per heavy atom. The van der Waals surface area contributed by atoms with Crippen molar-refractivity contribution in [1.82, 2.24) is 14.9 Å². The van der Waals surface area contributed by atoms with Crippen molar-refractivity contribution in [1.29, 1.82) is 0 Å². The molecule has 2 aromatic heterocycles. The minimum Gasteiger partial charge on any atom is -0.445 e. The van der Waals surface area contributed by atoms with Gasteiger partial charge in [0.2, 0.25) is 5.91 Å². The number of aromatic amines is 1. The van der Waals surface area contributed by atoms with E-state index in [-0.39, 0.29) is 12.5 Å². The van der Waals surface area contributed by atoms with Crippen LogP contribution in [0.4, 0.5) is 9.93 Å². The smallest absolute Gasteiger partial charge is 0.410 e. The first kappa shape index (κ1) is 23.1. The number of H-pyrrole nitrogens is 1. The van der Waals surface area contributed by atoms with Crippen LogP contribution in [0.3, 0.4) is 0 Å². The number of nitrogens with one attached hydrogen (secondary N) is 2. The summed E-state index contributed by atoms with van der Waals surface area (Å²) < 4.78 is 5.45. The number of hydrogen-bond acceptors (Lipinski definition) is 5. The Kier molecular flexibility index (Phi) is 6.55. The van der Waals surface area contributed by atoms with Gasteiger partial charge in [0, 0.05) is 34.1 Å². The lowest BCUT2D eigenvalue weighted by molar-refractivity contribution is -0.120. The minimum absolute atomic E-state index is 0.185. The predicted molar refractivity (Wildman–Crippen MR) is 138 cm³/mol. The fraction of sp³-hybridized carbons (Fsp3) is 0.296. The Balaban J connectivity index is 1.23. The third-order valence-electron chi connectivity index (χ3n) is 6.29.